The molecule has 4 aromatic carbocycles. The molecule has 4 aromatic rings. The van der Waals surface area contributed by atoms with E-state index in [2.05, 4.69) is 58.2 Å². The van der Waals surface area contributed by atoms with Crippen LogP contribution in [0.2, 0.25) is 5.02 Å². The number of fused-ring (bicyclic) bond motifs is 1. The molecule has 10 atom stereocenters. The first-order valence-electron chi connectivity index (χ1n) is 31.9. The first-order valence-corrected chi connectivity index (χ1v) is 32.3. The van der Waals surface area contributed by atoms with Gasteiger partial charge in [-0.3, -0.25) is 62.5 Å². The molecule has 2 saturated heterocycles. The number of hydrogen-bond donors (Lipinski definition) is 15. The normalized spacial score (nSPS) is 18.8. The van der Waals surface area contributed by atoms with E-state index >= 15 is 9.59 Å². The van der Waals surface area contributed by atoms with Crippen LogP contribution in [0.4, 0.5) is 0 Å². The minimum atomic E-state index is -1.81. The van der Waals surface area contributed by atoms with Crippen molar-refractivity contribution in [2.45, 2.75) is 165 Å². The molecule has 0 radical (unpaired) electrons. The molecule has 30 heteroatoms. The fraction of sp³-hybridized carbons (Fsp3) is 0.470. The number of aliphatic imine (C=N–C) groups is 1. The molecule has 0 bridgehead atoms. The molecular formula is C66H88ClN15O14. The van der Waals surface area contributed by atoms with Gasteiger partial charge in [-0.1, -0.05) is 92.2 Å². The van der Waals surface area contributed by atoms with E-state index in [-0.39, 0.29) is 108 Å². The number of likely N-dealkylation sites (tertiary alicyclic amines) is 1. The predicted molar refractivity (Wildman–Crippen MR) is 355 cm³/mol. The number of primary amides is 1. The maximum absolute atomic E-state index is 15.1. The molecule has 0 aliphatic carbocycles. The molecule has 0 saturated carbocycles. The van der Waals surface area contributed by atoms with Crippen molar-refractivity contribution in [3.63, 3.8) is 0 Å². The second kappa shape index (κ2) is 36.7. The topological polar surface area (TPSA) is 459 Å². The van der Waals surface area contributed by atoms with Gasteiger partial charge in [0.2, 0.25) is 70.9 Å². The lowest BCUT2D eigenvalue weighted by atomic mass is 9.98. The van der Waals surface area contributed by atoms with Crippen LogP contribution >= 0.6 is 11.6 Å². The van der Waals surface area contributed by atoms with Crippen LogP contribution in [-0.2, 0) is 76.8 Å². The number of nitrogens with one attached hydrogen (secondary N) is 10. The Bertz CT molecular complexity index is 3460. The molecule has 12 amide bonds. The summed E-state index contributed by atoms with van der Waals surface area (Å²) >= 11 is 6.13. The van der Waals surface area contributed by atoms with E-state index in [1.165, 1.54) is 43.0 Å². The van der Waals surface area contributed by atoms with Crippen LogP contribution in [0, 0.1) is 5.92 Å². The summed E-state index contributed by atoms with van der Waals surface area (Å²) in [6, 6.07) is 11.1. The smallest absolute Gasteiger partial charge is 0.245 e. The van der Waals surface area contributed by atoms with E-state index in [0.29, 0.717) is 28.1 Å². The van der Waals surface area contributed by atoms with Gasteiger partial charge in [-0.05, 0) is 116 Å². The zero-order valence-electron chi connectivity index (χ0n) is 54.1. The van der Waals surface area contributed by atoms with Gasteiger partial charge in [0.05, 0.1) is 6.61 Å². The first kappa shape index (κ1) is 75.1. The van der Waals surface area contributed by atoms with Crippen LogP contribution < -0.4 is 70.4 Å². The van der Waals surface area contributed by atoms with E-state index in [0.717, 1.165) is 10.8 Å². The van der Waals surface area contributed by atoms with Crippen LogP contribution in [0.5, 0.6) is 5.75 Å². The van der Waals surface area contributed by atoms with Gasteiger partial charge in [-0.15, -0.1) is 0 Å². The number of guanidine groups is 1. The number of amides is 12. The number of halogens is 1. The summed E-state index contributed by atoms with van der Waals surface area (Å²) in [5, 5.41) is 49.5. The number of aliphatic hydroxyl groups is 1. The molecule has 96 heavy (non-hydrogen) atoms. The first-order chi connectivity index (χ1) is 45.7. The number of phenols is 1. The summed E-state index contributed by atoms with van der Waals surface area (Å²) < 4.78 is 0. The average Bonchev–Trinajstić information content (AvgIpc) is 1.40. The largest absolute Gasteiger partial charge is 0.508 e. The van der Waals surface area contributed by atoms with Crippen molar-refractivity contribution in [2.24, 2.45) is 28.1 Å². The highest BCUT2D eigenvalue weighted by molar-refractivity contribution is 6.30. The summed E-state index contributed by atoms with van der Waals surface area (Å²) in [5.41, 5.74) is 18.1. The highest BCUT2D eigenvalue weighted by Crippen LogP contribution is 2.22. The van der Waals surface area contributed by atoms with Crippen LogP contribution in [-0.4, -0.2) is 179 Å². The maximum atomic E-state index is 15.1. The number of benzene rings is 4. The fourth-order valence-electron chi connectivity index (χ4n) is 11.1. The second-order valence-electron chi connectivity index (χ2n) is 24.4. The Labute approximate surface area is 560 Å². The molecule has 6 rings (SSSR count). The van der Waals surface area contributed by atoms with Gasteiger partial charge in [-0.25, -0.2) is 0 Å². The van der Waals surface area contributed by atoms with E-state index in [9.17, 15) is 58.2 Å². The third-order valence-corrected chi connectivity index (χ3v) is 16.5. The van der Waals surface area contributed by atoms with Gasteiger partial charge in [0, 0.05) is 57.3 Å². The molecule has 0 aromatic heterocycles. The molecule has 29 nitrogen and oxygen atoms in total. The summed E-state index contributed by atoms with van der Waals surface area (Å²) in [5.74, 6) is -10.0. The highest BCUT2D eigenvalue weighted by atomic mass is 35.5. The average molecular weight is 1350 g/mol. The van der Waals surface area contributed by atoms with Crippen molar-refractivity contribution in [1.29, 1.82) is 0 Å². The number of aromatic hydroxyl groups is 1. The third kappa shape index (κ3) is 23.5. The third-order valence-electron chi connectivity index (χ3n) is 16.2. The molecule has 18 N–H and O–H groups in total. The van der Waals surface area contributed by atoms with Gasteiger partial charge in [0.1, 0.15) is 66.2 Å². The van der Waals surface area contributed by atoms with E-state index < -0.39 is 138 Å². The van der Waals surface area contributed by atoms with Crippen LogP contribution in [0.25, 0.3) is 10.8 Å². The van der Waals surface area contributed by atoms with Crippen LogP contribution in [0.1, 0.15) is 102 Å². The lowest BCUT2D eigenvalue weighted by Gasteiger charge is -2.31. The van der Waals surface area contributed by atoms with Crippen LogP contribution in [0.3, 0.4) is 0 Å². The number of phenolic OH excluding ortho intramolecular Hbond substituents is 1. The van der Waals surface area contributed by atoms with Crippen molar-refractivity contribution in [3.8, 4) is 5.75 Å². The molecule has 0 spiro atoms. The predicted octanol–water partition coefficient (Wildman–Crippen LogP) is -1.11. The number of rotatable bonds is 28. The zero-order chi connectivity index (χ0) is 70.2. The number of carbonyl (C=O) groups is 12. The van der Waals surface area contributed by atoms with Gasteiger partial charge in [-0.2, -0.15) is 0 Å². The van der Waals surface area contributed by atoms with Gasteiger partial charge in [0.25, 0.3) is 0 Å². The summed E-state index contributed by atoms with van der Waals surface area (Å²) in [6.07, 6.45) is -0.0994. The SMILES string of the molecule is CC(=O)N[C@@H]1CCC(=O)NCCC[C@H](C(=O)N[C@@H](CO)C(=O)N[C@@H](Cc2ccc(O)cc2)C(=O)N[C@H](Cc2ccc3ccccc3c2)C(=O)N[C@@H](CC(C)C)C(=O)N[C@@H](CCCN=C(N)N)C(=O)N2CCC[C@H]2C(=O)N[C@H](C)C(N)=O)NC(=O)[C@@H](Cc2ccc(Cl)cc2)NC1=O. The maximum Gasteiger partial charge on any atom is 0.245 e. The summed E-state index contributed by atoms with van der Waals surface area (Å²) in [4.78, 5) is 172. The number of nitrogens with zero attached hydrogens (tertiary/aromatic N) is 2. The Morgan fingerprint density at radius 3 is 1.91 bits per heavy atom. The van der Waals surface area contributed by atoms with E-state index in [4.69, 9.17) is 28.8 Å². The van der Waals surface area contributed by atoms with Crippen molar-refractivity contribution in [3.05, 3.63) is 113 Å². The lowest BCUT2D eigenvalue weighted by molar-refractivity contribution is -0.142. The van der Waals surface area contributed by atoms with Gasteiger partial charge in [0.15, 0.2) is 5.96 Å². The zero-order valence-corrected chi connectivity index (χ0v) is 54.9. The van der Waals surface area contributed by atoms with E-state index in [1.54, 1.807) is 44.2 Å². The second-order valence-corrected chi connectivity index (χ2v) is 24.8. The number of carbonyl (C=O) groups excluding carboxylic acids is 12. The van der Waals surface area contributed by atoms with Crippen LogP contribution in [0.15, 0.2) is 96.0 Å². The monoisotopic (exact) mass is 1350 g/mol. The molecule has 0 unspecified atom stereocenters. The van der Waals surface area contributed by atoms with E-state index in [1.807, 2.05) is 36.4 Å². The summed E-state index contributed by atoms with van der Waals surface area (Å²) in [6.45, 7) is 5.34. The molecule has 518 valence electrons. The molecule has 2 heterocycles. The molecule has 2 aliphatic rings. The van der Waals surface area contributed by atoms with Crippen molar-refractivity contribution in [1.82, 2.24) is 58.1 Å². The van der Waals surface area contributed by atoms with Crippen molar-refractivity contribution in [2.75, 3.05) is 26.2 Å². The fourth-order valence-corrected chi connectivity index (χ4v) is 11.2. The standard InChI is InChI=1S/C66H88ClN15O14/c1-36(2)30-49(59(90)76-48(13-8-28-72-66(69)70)65(96)82-29-9-14-54(82)64(95)73-37(3)56(68)87)77-62(93)52(34-41-15-20-42-10-5-6-11-43(42)31-41)79-61(92)51(33-40-18-23-45(85)24-19-40)80-63(94)53(35-83)81-57(88)46-12-7-27-71-55(86)26-25-47(74-38(4)84)58(89)78-50(60(91)75-46)32-39-16-21-44(67)22-17-39/h5-6,10-11,15-24,31,36-37,46-54,83,85H,7-9,12-14,25-30,32-35H2,1-4H3,(H2,68,87)(H,71,86)(H,73,95)(H,74,84)(H,75,91)(H,76,90)(H,77,93)(H,78,89)(H,79,92)(H,80,94)(H,81,88)(H4,69,70,72)/t37-,46-,47-,48+,49+,50-,51+,52-,53+,54+/m1/s1. The Kier molecular flexibility index (Phi) is 28.7. The minimum absolute atomic E-state index is 0.00109. The molecular weight excluding hydrogens is 1260 g/mol. The number of aliphatic hydroxyl groups excluding tert-OH is 1. The number of hydrogen-bond acceptors (Lipinski definition) is 15. The van der Waals surface area contributed by atoms with Crippen molar-refractivity contribution >= 4 is 99.2 Å². The molecule has 2 fully saturated rings. The van der Waals surface area contributed by atoms with Gasteiger partial charge < -0.3 is 85.5 Å². The minimum Gasteiger partial charge on any atom is -0.508 e. The van der Waals surface area contributed by atoms with Crippen molar-refractivity contribution < 1.29 is 67.7 Å². The quantitative estimate of drug-likeness (QED) is 0.0182. The Morgan fingerprint density at radius 2 is 1.27 bits per heavy atom. The summed E-state index contributed by atoms with van der Waals surface area (Å²) in [7, 11) is 0. The van der Waals surface area contributed by atoms with Gasteiger partial charge >= 0.3 is 0 Å². The molecule has 2 aliphatic heterocycles. The Hall–Kier alpha value is -9.90. The Balaban J connectivity index is 1.28. The lowest BCUT2D eigenvalue weighted by Crippen LogP contribution is -2.61. The highest BCUT2D eigenvalue weighted by Gasteiger charge is 2.40. The Morgan fingerprint density at radius 1 is 0.667 bits per heavy atom. The number of nitrogens with two attached hydrogens (primary N) is 3.